The number of nitrogens with zero attached hydrogens (tertiary/aromatic N) is 1. The number of benzene rings is 1. The van der Waals surface area contributed by atoms with Gasteiger partial charge in [0.25, 0.3) is 0 Å². The van der Waals surface area contributed by atoms with Crippen molar-refractivity contribution in [2.45, 2.75) is 76.2 Å². The molecule has 0 N–H and O–H groups in total. The summed E-state index contributed by atoms with van der Waals surface area (Å²) >= 11 is 0. The Hall–Kier alpha value is -0.530. The van der Waals surface area contributed by atoms with Crippen molar-refractivity contribution in [3.05, 3.63) is 34.9 Å². The van der Waals surface area contributed by atoms with E-state index < -0.39 is 0 Å². The summed E-state index contributed by atoms with van der Waals surface area (Å²) in [7, 11) is 4.52. The summed E-state index contributed by atoms with van der Waals surface area (Å²) in [5.74, 6) is 2.89. The molecular formula is C22H34ClN. The SMILES string of the molecule is CN(C)[C@@H]1CCc2cccc([C@@H]3CCC[C@@H]3C3CCCC3)c2C1.Cl. The van der Waals surface area contributed by atoms with Crippen molar-refractivity contribution in [1.29, 1.82) is 0 Å². The molecule has 0 aromatic heterocycles. The van der Waals surface area contributed by atoms with E-state index in [0.717, 1.165) is 23.8 Å². The van der Waals surface area contributed by atoms with Crippen LogP contribution in [0.4, 0.5) is 0 Å². The van der Waals surface area contributed by atoms with E-state index in [1.807, 2.05) is 0 Å². The van der Waals surface area contributed by atoms with Crippen LogP contribution < -0.4 is 0 Å². The minimum Gasteiger partial charge on any atom is -0.306 e. The summed E-state index contributed by atoms with van der Waals surface area (Å²) in [6, 6.07) is 8.00. The number of fused-ring (bicyclic) bond motifs is 1. The first kappa shape index (κ1) is 18.3. The molecule has 2 saturated carbocycles. The van der Waals surface area contributed by atoms with Crippen LogP contribution in [0.15, 0.2) is 18.2 Å². The number of aryl methyl sites for hydroxylation is 1. The van der Waals surface area contributed by atoms with E-state index in [2.05, 4.69) is 37.2 Å². The second-order valence-corrected chi connectivity index (χ2v) is 8.59. The molecule has 1 aromatic carbocycles. The van der Waals surface area contributed by atoms with Crippen molar-refractivity contribution in [1.82, 2.24) is 4.90 Å². The lowest BCUT2D eigenvalue weighted by molar-refractivity contribution is 0.265. The lowest BCUT2D eigenvalue weighted by atomic mass is 9.75. The molecule has 0 aliphatic heterocycles. The van der Waals surface area contributed by atoms with Crippen molar-refractivity contribution in [3.8, 4) is 0 Å². The van der Waals surface area contributed by atoms with Crippen LogP contribution in [0.25, 0.3) is 0 Å². The van der Waals surface area contributed by atoms with Gasteiger partial charge in [0.05, 0.1) is 0 Å². The largest absolute Gasteiger partial charge is 0.306 e. The van der Waals surface area contributed by atoms with Gasteiger partial charge in [0.15, 0.2) is 0 Å². The smallest absolute Gasteiger partial charge is 0.0133 e. The molecule has 0 saturated heterocycles. The number of hydrogen-bond donors (Lipinski definition) is 0. The normalized spacial score (nSPS) is 30.4. The zero-order valence-corrected chi connectivity index (χ0v) is 16.3. The molecule has 24 heavy (non-hydrogen) atoms. The van der Waals surface area contributed by atoms with E-state index in [0.29, 0.717) is 0 Å². The second-order valence-electron chi connectivity index (χ2n) is 8.59. The number of halogens is 1. The van der Waals surface area contributed by atoms with Crippen LogP contribution in [-0.2, 0) is 12.8 Å². The minimum atomic E-state index is 0. The molecule has 134 valence electrons. The van der Waals surface area contributed by atoms with Gasteiger partial charge in [0.1, 0.15) is 0 Å². The maximum atomic E-state index is 2.49. The van der Waals surface area contributed by atoms with Gasteiger partial charge in [0, 0.05) is 6.04 Å². The number of hydrogen-bond acceptors (Lipinski definition) is 1. The average molecular weight is 348 g/mol. The second kappa shape index (κ2) is 7.79. The van der Waals surface area contributed by atoms with Crippen molar-refractivity contribution in [3.63, 3.8) is 0 Å². The molecule has 0 bridgehead atoms. The molecule has 0 radical (unpaired) electrons. The Morgan fingerprint density at radius 2 is 1.71 bits per heavy atom. The van der Waals surface area contributed by atoms with Gasteiger partial charge in [-0.05, 0) is 80.6 Å². The average Bonchev–Trinajstić information content (AvgIpc) is 3.24. The number of rotatable bonds is 3. The molecule has 0 spiro atoms. The third kappa shape index (κ3) is 3.40. The Kier molecular flexibility index (Phi) is 5.93. The highest BCUT2D eigenvalue weighted by atomic mass is 35.5. The Morgan fingerprint density at radius 3 is 2.46 bits per heavy atom. The molecule has 0 heterocycles. The van der Waals surface area contributed by atoms with Gasteiger partial charge in [-0.25, -0.2) is 0 Å². The molecule has 3 aliphatic carbocycles. The molecule has 1 nitrogen and oxygen atoms in total. The van der Waals surface area contributed by atoms with Gasteiger partial charge in [-0.15, -0.1) is 12.4 Å². The van der Waals surface area contributed by atoms with Crippen LogP contribution in [0.1, 0.15) is 74.0 Å². The highest BCUT2D eigenvalue weighted by Gasteiger charge is 2.37. The Morgan fingerprint density at radius 1 is 0.917 bits per heavy atom. The van der Waals surface area contributed by atoms with Gasteiger partial charge >= 0.3 is 0 Å². The first-order valence-corrected chi connectivity index (χ1v) is 10.0. The summed E-state index contributed by atoms with van der Waals surface area (Å²) in [6.07, 6.45) is 14.3. The van der Waals surface area contributed by atoms with E-state index in [1.165, 1.54) is 64.2 Å². The van der Waals surface area contributed by atoms with Crippen LogP contribution in [-0.4, -0.2) is 25.0 Å². The maximum Gasteiger partial charge on any atom is 0.0133 e. The van der Waals surface area contributed by atoms with Crippen LogP contribution in [0.5, 0.6) is 0 Å². The van der Waals surface area contributed by atoms with E-state index in [9.17, 15) is 0 Å². The molecule has 2 heteroatoms. The highest BCUT2D eigenvalue weighted by molar-refractivity contribution is 5.85. The monoisotopic (exact) mass is 347 g/mol. The molecule has 2 fully saturated rings. The first-order valence-electron chi connectivity index (χ1n) is 10.0. The summed E-state index contributed by atoms with van der Waals surface area (Å²) in [5.41, 5.74) is 5.16. The summed E-state index contributed by atoms with van der Waals surface area (Å²) in [6.45, 7) is 0. The summed E-state index contributed by atoms with van der Waals surface area (Å²) in [5, 5.41) is 0. The van der Waals surface area contributed by atoms with E-state index in [4.69, 9.17) is 0 Å². The van der Waals surface area contributed by atoms with E-state index >= 15 is 0 Å². The van der Waals surface area contributed by atoms with Crippen LogP contribution in [0, 0.1) is 11.8 Å². The van der Waals surface area contributed by atoms with E-state index in [-0.39, 0.29) is 12.4 Å². The van der Waals surface area contributed by atoms with Gasteiger partial charge in [-0.2, -0.15) is 0 Å². The fourth-order valence-electron chi connectivity index (χ4n) is 5.91. The van der Waals surface area contributed by atoms with Crippen molar-refractivity contribution < 1.29 is 0 Å². The third-order valence-corrected chi connectivity index (χ3v) is 7.20. The molecule has 3 atom stereocenters. The molecular weight excluding hydrogens is 314 g/mol. The predicted octanol–water partition coefficient (Wildman–Crippen LogP) is 5.60. The Labute approximate surface area is 154 Å². The quantitative estimate of drug-likeness (QED) is 0.687. The summed E-state index contributed by atoms with van der Waals surface area (Å²) in [4.78, 5) is 2.45. The standard InChI is InChI=1S/C22H33N.ClH/c1-23(2)18-14-13-17-9-5-11-21(22(17)15-18)20-12-6-10-19(20)16-7-3-4-8-16;/h5,9,11,16,18-20H,3-4,6-8,10,12-15H2,1-2H3;1H/t18-,19-,20-;/m1./s1. The van der Waals surface area contributed by atoms with Crippen LogP contribution in [0.3, 0.4) is 0 Å². The van der Waals surface area contributed by atoms with Crippen molar-refractivity contribution >= 4 is 12.4 Å². The van der Waals surface area contributed by atoms with Crippen molar-refractivity contribution in [2.24, 2.45) is 11.8 Å². The fourth-order valence-corrected chi connectivity index (χ4v) is 5.91. The molecule has 0 amide bonds. The fraction of sp³-hybridized carbons (Fsp3) is 0.727. The zero-order chi connectivity index (χ0) is 15.8. The third-order valence-electron chi connectivity index (χ3n) is 7.20. The molecule has 0 unspecified atom stereocenters. The molecule has 3 aliphatic rings. The van der Waals surface area contributed by atoms with Crippen LogP contribution in [0.2, 0.25) is 0 Å². The zero-order valence-electron chi connectivity index (χ0n) is 15.5. The molecule has 1 aromatic rings. The van der Waals surface area contributed by atoms with E-state index in [1.54, 1.807) is 16.7 Å². The van der Waals surface area contributed by atoms with Gasteiger partial charge in [-0.1, -0.05) is 50.3 Å². The lowest BCUT2D eigenvalue weighted by Gasteiger charge is -2.34. The van der Waals surface area contributed by atoms with Gasteiger partial charge in [0.2, 0.25) is 0 Å². The minimum absolute atomic E-state index is 0. The maximum absolute atomic E-state index is 2.49. The summed E-state index contributed by atoms with van der Waals surface area (Å²) < 4.78 is 0. The molecule has 4 rings (SSSR count). The van der Waals surface area contributed by atoms with Gasteiger partial charge in [-0.3, -0.25) is 0 Å². The first-order chi connectivity index (χ1) is 11.2. The highest BCUT2D eigenvalue weighted by Crippen LogP contribution is 2.49. The Bertz CT molecular complexity index is 547. The van der Waals surface area contributed by atoms with Gasteiger partial charge < -0.3 is 4.90 Å². The topological polar surface area (TPSA) is 3.24 Å². The lowest BCUT2D eigenvalue weighted by Crippen LogP contribution is -2.34. The Balaban J connectivity index is 0.00000169. The predicted molar refractivity (Wildman–Crippen MR) is 105 cm³/mol. The van der Waals surface area contributed by atoms with Crippen LogP contribution >= 0.6 is 12.4 Å². The van der Waals surface area contributed by atoms with Crippen molar-refractivity contribution in [2.75, 3.05) is 14.1 Å². The number of likely N-dealkylation sites (N-methyl/N-ethyl adjacent to an activating group) is 1.